The van der Waals surface area contributed by atoms with E-state index in [1.807, 2.05) is 0 Å². The molecule has 0 aliphatic carbocycles. The number of anilines is 1. The SMILES string of the molecule is Nc1nc2ccc(OCCN3CCOCC3)cc2[n+]([O-])n1. The number of nitrogen functional groups attached to an aromatic ring is 1. The van der Waals surface area contributed by atoms with Crippen molar-refractivity contribution >= 4 is 17.0 Å². The monoisotopic (exact) mass is 291 g/mol. The number of fused-ring (bicyclic) bond motifs is 1. The quantitative estimate of drug-likeness (QED) is 0.602. The average Bonchev–Trinajstić information content (AvgIpc) is 2.49. The zero-order valence-electron chi connectivity index (χ0n) is 11.6. The summed E-state index contributed by atoms with van der Waals surface area (Å²) in [6, 6.07) is 5.10. The van der Waals surface area contributed by atoms with E-state index in [-0.39, 0.29) is 5.95 Å². The third-order valence-electron chi connectivity index (χ3n) is 3.36. The minimum Gasteiger partial charge on any atom is -0.594 e. The van der Waals surface area contributed by atoms with Gasteiger partial charge < -0.3 is 20.4 Å². The molecule has 21 heavy (non-hydrogen) atoms. The summed E-state index contributed by atoms with van der Waals surface area (Å²) < 4.78 is 11.0. The molecule has 1 aliphatic heterocycles. The largest absolute Gasteiger partial charge is 0.594 e. The van der Waals surface area contributed by atoms with Gasteiger partial charge >= 0.3 is 0 Å². The lowest BCUT2D eigenvalue weighted by Gasteiger charge is -2.26. The molecular formula is C13H17N5O3. The fourth-order valence-corrected chi connectivity index (χ4v) is 2.25. The lowest BCUT2D eigenvalue weighted by atomic mass is 10.3. The molecule has 3 rings (SSSR count). The molecule has 8 nitrogen and oxygen atoms in total. The molecule has 0 amide bonds. The molecule has 8 heteroatoms. The number of rotatable bonds is 4. The molecule has 2 aromatic rings. The van der Waals surface area contributed by atoms with Crippen molar-refractivity contribution in [2.24, 2.45) is 0 Å². The summed E-state index contributed by atoms with van der Waals surface area (Å²) >= 11 is 0. The maximum Gasteiger partial charge on any atom is 0.288 e. The second kappa shape index (κ2) is 6.06. The first-order chi connectivity index (χ1) is 10.2. The Bertz CT molecular complexity index is 630. The number of hydrogen-bond donors (Lipinski definition) is 1. The van der Waals surface area contributed by atoms with Gasteiger partial charge in [-0.15, -0.1) is 0 Å². The van der Waals surface area contributed by atoms with Crippen LogP contribution in [0.25, 0.3) is 11.0 Å². The van der Waals surface area contributed by atoms with Crippen LogP contribution < -0.4 is 15.3 Å². The predicted octanol–water partition coefficient (Wildman–Crippen LogP) is -0.444. The van der Waals surface area contributed by atoms with Crippen molar-refractivity contribution in [3.8, 4) is 5.75 Å². The fourth-order valence-electron chi connectivity index (χ4n) is 2.25. The Morgan fingerprint density at radius 3 is 3.00 bits per heavy atom. The van der Waals surface area contributed by atoms with Crippen LogP contribution in [0.3, 0.4) is 0 Å². The van der Waals surface area contributed by atoms with Crippen LogP contribution in [-0.2, 0) is 4.74 Å². The molecule has 0 radical (unpaired) electrons. The minimum atomic E-state index is -0.0431. The van der Waals surface area contributed by atoms with E-state index < -0.39 is 0 Å². The number of hydrogen-bond acceptors (Lipinski definition) is 7. The summed E-state index contributed by atoms with van der Waals surface area (Å²) in [6.45, 7) is 4.77. The maximum atomic E-state index is 11.7. The van der Waals surface area contributed by atoms with E-state index in [4.69, 9.17) is 15.2 Å². The number of nitrogens with zero attached hydrogens (tertiary/aromatic N) is 4. The van der Waals surface area contributed by atoms with Crippen LogP contribution in [0.5, 0.6) is 5.75 Å². The Labute approximate surface area is 121 Å². The lowest BCUT2D eigenvalue weighted by molar-refractivity contribution is -0.641. The zero-order chi connectivity index (χ0) is 14.7. The summed E-state index contributed by atoms with van der Waals surface area (Å²) in [5.41, 5.74) is 6.27. The van der Waals surface area contributed by atoms with Gasteiger partial charge in [-0.2, -0.15) is 0 Å². The van der Waals surface area contributed by atoms with E-state index in [0.717, 1.165) is 32.8 Å². The van der Waals surface area contributed by atoms with Crippen molar-refractivity contribution in [2.45, 2.75) is 0 Å². The summed E-state index contributed by atoms with van der Waals surface area (Å²) in [5, 5.41) is 15.2. The van der Waals surface area contributed by atoms with E-state index >= 15 is 0 Å². The molecule has 0 bridgehead atoms. The van der Waals surface area contributed by atoms with Gasteiger partial charge in [0, 0.05) is 19.6 Å². The first-order valence-corrected chi connectivity index (χ1v) is 6.82. The summed E-state index contributed by atoms with van der Waals surface area (Å²) in [5.74, 6) is 0.576. The summed E-state index contributed by atoms with van der Waals surface area (Å²) in [6.07, 6.45) is 0. The van der Waals surface area contributed by atoms with Crippen LogP contribution in [0.4, 0.5) is 5.95 Å². The molecule has 1 aromatic heterocycles. The third-order valence-corrected chi connectivity index (χ3v) is 3.36. The van der Waals surface area contributed by atoms with Crippen molar-refractivity contribution in [1.82, 2.24) is 15.0 Å². The Hall–Kier alpha value is -2.19. The first kappa shape index (κ1) is 13.8. The van der Waals surface area contributed by atoms with E-state index in [1.165, 1.54) is 0 Å². The van der Waals surface area contributed by atoms with Crippen LogP contribution in [0, 0.1) is 5.21 Å². The minimum absolute atomic E-state index is 0.0431. The second-order valence-electron chi connectivity index (χ2n) is 4.80. The first-order valence-electron chi connectivity index (χ1n) is 6.82. The van der Waals surface area contributed by atoms with Gasteiger partial charge in [-0.1, -0.05) is 0 Å². The van der Waals surface area contributed by atoms with Crippen molar-refractivity contribution in [3.63, 3.8) is 0 Å². The molecule has 1 aromatic carbocycles. The predicted molar refractivity (Wildman–Crippen MR) is 75.7 cm³/mol. The average molecular weight is 291 g/mol. The highest BCUT2D eigenvalue weighted by molar-refractivity contribution is 5.73. The highest BCUT2D eigenvalue weighted by Gasteiger charge is 2.12. The standard InChI is InChI=1S/C13H17N5O3/c14-13-15-11-2-1-10(9-12(11)18(19)16-13)21-8-5-17-3-6-20-7-4-17/h1-2,9H,3-8H2,(H2,14,15,16). The molecule has 112 valence electrons. The van der Waals surface area contributed by atoms with Crippen molar-refractivity contribution in [3.05, 3.63) is 23.4 Å². The molecule has 0 saturated carbocycles. The topological polar surface area (TPSA) is 100 Å². The molecule has 0 atom stereocenters. The smallest absolute Gasteiger partial charge is 0.288 e. The molecule has 2 N–H and O–H groups in total. The Morgan fingerprint density at radius 1 is 1.38 bits per heavy atom. The van der Waals surface area contributed by atoms with Gasteiger partial charge in [0.25, 0.3) is 11.5 Å². The molecule has 1 fully saturated rings. The normalized spacial score (nSPS) is 16.2. The van der Waals surface area contributed by atoms with Gasteiger partial charge in [-0.25, -0.2) is 4.98 Å². The summed E-state index contributed by atoms with van der Waals surface area (Å²) in [4.78, 5) is 6.74. The van der Waals surface area contributed by atoms with Crippen LogP contribution in [0.15, 0.2) is 18.2 Å². The molecule has 0 spiro atoms. The molecule has 1 aliphatic rings. The van der Waals surface area contributed by atoms with Gasteiger partial charge in [0.1, 0.15) is 17.9 Å². The number of ether oxygens (including phenoxy) is 2. The van der Waals surface area contributed by atoms with Crippen LogP contribution in [0.2, 0.25) is 0 Å². The fraction of sp³-hybridized carbons (Fsp3) is 0.462. The number of benzene rings is 1. The van der Waals surface area contributed by atoms with E-state index in [0.29, 0.717) is 28.2 Å². The molecule has 2 heterocycles. The van der Waals surface area contributed by atoms with Crippen LogP contribution >= 0.6 is 0 Å². The number of morpholine rings is 1. The van der Waals surface area contributed by atoms with Crippen LogP contribution in [-0.4, -0.2) is 54.4 Å². The van der Waals surface area contributed by atoms with Gasteiger partial charge in [0.05, 0.1) is 24.4 Å². The van der Waals surface area contributed by atoms with Crippen molar-refractivity contribution < 1.29 is 14.3 Å². The van der Waals surface area contributed by atoms with E-state index in [2.05, 4.69) is 15.0 Å². The van der Waals surface area contributed by atoms with Crippen molar-refractivity contribution in [2.75, 3.05) is 45.2 Å². The highest BCUT2D eigenvalue weighted by Crippen LogP contribution is 2.16. The zero-order valence-corrected chi connectivity index (χ0v) is 11.6. The molecular weight excluding hydrogens is 274 g/mol. The van der Waals surface area contributed by atoms with Crippen LogP contribution in [0.1, 0.15) is 0 Å². The Morgan fingerprint density at radius 2 is 2.19 bits per heavy atom. The van der Waals surface area contributed by atoms with Gasteiger partial charge in [-0.3, -0.25) is 4.90 Å². The van der Waals surface area contributed by atoms with Crippen molar-refractivity contribution in [1.29, 1.82) is 0 Å². The van der Waals surface area contributed by atoms with E-state index in [9.17, 15) is 5.21 Å². The highest BCUT2D eigenvalue weighted by atomic mass is 16.5. The van der Waals surface area contributed by atoms with Gasteiger partial charge in [-0.05, 0) is 17.0 Å². The third kappa shape index (κ3) is 3.29. The molecule has 1 saturated heterocycles. The second-order valence-corrected chi connectivity index (χ2v) is 4.80. The summed E-state index contributed by atoms with van der Waals surface area (Å²) in [7, 11) is 0. The Balaban J connectivity index is 1.64. The lowest BCUT2D eigenvalue weighted by Crippen LogP contribution is -2.38. The molecule has 0 unspecified atom stereocenters. The van der Waals surface area contributed by atoms with Gasteiger partial charge in [0.15, 0.2) is 0 Å². The van der Waals surface area contributed by atoms with E-state index in [1.54, 1.807) is 18.2 Å². The number of aromatic nitrogens is 3. The number of nitrogens with two attached hydrogens (primary N) is 1. The Kier molecular flexibility index (Phi) is 3.98. The van der Waals surface area contributed by atoms with Gasteiger partial charge in [0.2, 0.25) is 0 Å². The maximum absolute atomic E-state index is 11.7.